The molecule has 26 heavy (non-hydrogen) atoms. The van der Waals surface area contributed by atoms with Crippen molar-refractivity contribution in [2.45, 2.75) is 45.8 Å². The van der Waals surface area contributed by atoms with E-state index in [0.717, 1.165) is 18.6 Å². The molecule has 0 heterocycles. The van der Waals surface area contributed by atoms with Gasteiger partial charge in [0.1, 0.15) is 12.7 Å². The Kier molecular flexibility index (Phi) is 12.5. The Hall–Kier alpha value is -2.45. The zero-order chi connectivity index (χ0) is 19.9. The molecule has 0 saturated heterocycles. The summed E-state index contributed by atoms with van der Waals surface area (Å²) >= 11 is 0. The molecule has 1 atom stereocenters. The summed E-state index contributed by atoms with van der Waals surface area (Å²) < 4.78 is 0. The first-order valence-electron chi connectivity index (χ1n) is 8.29. The molecule has 146 valence electrons. The van der Waals surface area contributed by atoms with Crippen molar-refractivity contribution in [3.05, 3.63) is 35.9 Å². The normalized spacial score (nSPS) is 12.1. The van der Waals surface area contributed by atoms with Gasteiger partial charge in [0.15, 0.2) is 0 Å². The fourth-order valence-corrected chi connectivity index (χ4v) is 1.68. The number of rotatable bonds is 9. The van der Waals surface area contributed by atoms with Crippen molar-refractivity contribution in [1.82, 2.24) is 5.32 Å². The highest BCUT2D eigenvalue weighted by atomic mass is 16.6. The number of nitrogens with one attached hydrogen (secondary N) is 1. The van der Waals surface area contributed by atoms with Crippen LogP contribution in [0.25, 0.3) is 0 Å². The van der Waals surface area contributed by atoms with Gasteiger partial charge in [-0.1, -0.05) is 49.3 Å². The summed E-state index contributed by atoms with van der Waals surface area (Å²) in [4.78, 5) is 23.4. The van der Waals surface area contributed by atoms with E-state index in [0.29, 0.717) is 12.6 Å². The number of oxime groups is 1. The minimum Gasteiger partial charge on any atom is -0.473 e. The molecule has 8 nitrogen and oxygen atoms in total. The van der Waals surface area contributed by atoms with Gasteiger partial charge in [-0.2, -0.15) is 0 Å². The number of aliphatic hydroxyl groups is 1. The number of carboxylic acid groups (broad SMARTS) is 2. The molecule has 0 saturated carbocycles. The third-order valence-corrected chi connectivity index (χ3v) is 3.05. The van der Waals surface area contributed by atoms with Crippen LogP contribution >= 0.6 is 0 Å². The van der Waals surface area contributed by atoms with Gasteiger partial charge in [-0.05, 0) is 25.3 Å². The summed E-state index contributed by atoms with van der Waals surface area (Å²) in [6.07, 6.45) is 1.30. The fraction of sp³-hybridized carbons (Fsp3) is 0.500. The average molecular weight is 368 g/mol. The van der Waals surface area contributed by atoms with Crippen molar-refractivity contribution in [1.29, 1.82) is 0 Å². The number of hydrogen-bond donors (Lipinski definition) is 4. The molecule has 0 aromatic heterocycles. The smallest absolute Gasteiger partial charge is 0.414 e. The number of carboxylic acids is 2. The lowest BCUT2D eigenvalue weighted by molar-refractivity contribution is -0.159. The molecular formula is C18H28N2O6. The predicted octanol–water partition coefficient (Wildman–Crippen LogP) is 1.53. The fourth-order valence-electron chi connectivity index (χ4n) is 1.68. The maximum atomic E-state index is 9.66. The zero-order valence-corrected chi connectivity index (χ0v) is 15.4. The van der Waals surface area contributed by atoms with Gasteiger partial charge in [0, 0.05) is 12.6 Å². The Morgan fingerprint density at radius 3 is 2.23 bits per heavy atom. The van der Waals surface area contributed by atoms with Crippen LogP contribution in [-0.2, 0) is 20.8 Å². The molecule has 8 heteroatoms. The highest BCUT2D eigenvalue weighted by molar-refractivity contribution is 6.27. The number of aliphatic carboxylic acids is 2. The molecule has 0 amide bonds. The lowest BCUT2D eigenvalue weighted by Crippen LogP contribution is -2.34. The minimum absolute atomic E-state index is 0.225. The van der Waals surface area contributed by atoms with Crippen molar-refractivity contribution in [2.75, 3.05) is 13.2 Å². The molecule has 0 aliphatic rings. The second-order valence-corrected chi connectivity index (χ2v) is 5.94. The van der Waals surface area contributed by atoms with Crippen LogP contribution in [0.3, 0.4) is 0 Å². The molecule has 1 rings (SSSR count). The second kappa shape index (κ2) is 13.8. The van der Waals surface area contributed by atoms with E-state index in [1.54, 1.807) is 0 Å². The van der Waals surface area contributed by atoms with Gasteiger partial charge < -0.3 is 25.5 Å². The van der Waals surface area contributed by atoms with Crippen molar-refractivity contribution >= 4 is 17.7 Å². The van der Waals surface area contributed by atoms with Crippen LogP contribution in [0, 0.1) is 0 Å². The Morgan fingerprint density at radius 2 is 1.73 bits per heavy atom. The molecule has 0 spiro atoms. The maximum absolute atomic E-state index is 9.66. The summed E-state index contributed by atoms with van der Waals surface area (Å²) in [5.74, 6) is -3.65. The summed E-state index contributed by atoms with van der Waals surface area (Å²) in [5, 5.41) is 31.6. The third-order valence-electron chi connectivity index (χ3n) is 3.05. The number of aryl methyl sites for hydroxylation is 1. The molecule has 0 bridgehead atoms. The van der Waals surface area contributed by atoms with Crippen LogP contribution in [0.1, 0.15) is 32.8 Å². The van der Waals surface area contributed by atoms with E-state index in [-0.39, 0.29) is 6.61 Å². The van der Waals surface area contributed by atoms with Crippen molar-refractivity contribution in [3.8, 4) is 0 Å². The number of aliphatic hydroxyl groups excluding tert-OH is 1. The molecule has 0 fully saturated rings. The van der Waals surface area contributed by atoms with Crippen molar-refractivity contribution in [2.24, 2.45) is 5.16 Å². The molecule has 1 unspecified atom stereocenters. The predicted molar refractivity (Wildman–Crippen MR) is 98.2 cm³/mol. The number of benzene rings is 1. The lowest BCUT2D eigenvalue weighted by Gasteiger charge is -2.13. The highest BCUT2D eigenvalue weighted by Crippen LogP contribution is 2.03. The standard InChI is InChI=1S/C16H26N2O2.C2H2O4/c1-13(2)17-11-16(19)12-20-18-14(3)9-10-15-7-5-4-6-8-15;3-1(4)2(5)6/h4-8,13,16-17,19H,9-12H2,1-3H3;(H,3,4)(H,5,6)/b18-14-;. The topological polar surface area (TPSA) is 128 Å². The maximum Gasteiger partial charge on any atom is 0.414 e. The van der Waals surface area contributed by atoms with Gasteiger partial charge in [0.2, 0.25) is 0 Å². The van der Waals surface area contributed by atoms with Crippen LogP contribution < -0.4 is 5.32 Å². The summed E-state index contributed by atoms with van der Waals surface area (Å²) in [6.45, 7) is 6.78. The van der Waals surface area contributed by atoms with Gasteiger partial charge in [0.25, 0.3) is 0 Å². The first-order chi connectivity index (χ1) is 12.2. The highest BCUT2D eigenvalue weighted by Gasteiger charge is 2.05. The average Bonchev–Trinajstić information content (AvgIpc) is 2.59. The Morgan fingerprint density at radius 1 is 1.15 bits per heavy atom. The van der Waals surface area contributed by atoms with Crippen LogP contribution in [-0.4, -0.2) is 58.3 Å². The summed E-state index contributed by atoms with van der Waals surface area (Å²) in [5.41, 5.74) is 2.24. The molecule has 1 aromatic rings. The third kappa shape index (κ3) is 13.9. The first kappa shape index (κ1) is 23.5. The number of carbonyl (C=O) groups is 2. The van der Waals surface area contributed by atoms with Gasteiger partial charge in [-0.15, -0.1) is 0 Å². The molecular weight excluding hydrogens is 340 g/mol. The Balaban J connectivity index is 0.000000896. The first-order valence-corrected chi connectivity index (χ1v) is 8.29. The monoisotopic (exact) mass is 368 g/mol. The van der Waals surface area contributed by atoms with Crippen LogP contribution in [0.5, 0.6) is 0 Å². The second-order valence-electron chi connectivity index (χ2n) is 5.94. The van der Waals surface area contributed by atoms with E-state index in [2.05, 4.69) is 22.6 Å². The zero-order valence-electron chi connectivity index (χ0n) is 15.4. The summed E-state index contributed by atoms with van der Waals surface area (Å²) in [7, 11) is 0. The largest absolute Gasteiger partial charge is 0.473 e. The van der Waals surface area contributed by atoms with Gasteiger partial charge in [0.05, 0.1) is 5.71 Å². The van der Waals surface area contributed by atoms with Gasteiger partial charge in [-0.25, -0.2) is 9.59 Å². The van der Waals surface area contributed by atoms with E-state index in [4.69, 9.17) is 24.6 Å². The van der Waals surface area contributed by atoms with Crippen molar-refractivity contribution < 1.29 is 29.7 Å². The van der Waals surface area contributed by atoms with E-state index in [1.807, 2.05) is 39.0 Å². The minimum atomic E-state index is -1.82. The quantitative estimate of drug-likeness (QED) is 0.295. The molecule has 4 N–H and O–H groups in total. The van der Waals surface area contributed by atoms with Crippen LogP contribution in [0.15, 0.2) is 35.5 Å². The Labute approximate surface area is 153 Å². The molecule has 0 radical (unpaired) electrons. The van der Waals surface area contributed by atoms with E-state index in [1.165, 1.54) is 5.56 Å². The number of nitrogens with zero attached hydrogens (tertiary/aromatic N) is 1. The Bertz CT molecular complexity index is 548. The number of hydrogen-bond acceptors (Lipinski definition) is 6. The molecule has 0 aliphatic carbocycles. The van der Waals surface area contributed by atoms with Gasteiger partial charge >= 0.3 is 11.9 Å². The molecule has 0 aliphatic heterocycles. The lowest BCUT2D eigenvalue weighted by atomic mass is 10.1. The van der Waals surface area contributed by atoms with Crippen LogP contribution in [0.2, 0.25) is 0 Å². The molecule has 1 aromatic carbocycles. The van der Waals surface area contributed by atoms with Crippen molar-refractivity contribution in [3.63, 3.8) is 0 Å². The van der Waals surface area contributed by atoms with Crippen LogP contribution in [0.4, 0.5) is 0 Å². The van der Waals surface area contributed by atoms with E-state index >= 15 is 0 Å². The van der Waals surface area contributed by atoms with E-state index < -0.39 is 18.0 Å². The van der Waals surface area contributed by atoms with Gasteiger partial charge in [-0.3, -0.25) is 0 Å². The van der Waals surface area contributed by atoms with E-state index in [9.17, 15) is 5.11 Å². The SMILES string of the molecule is C/C(CCc1ccccc1)=N/OCC(O)CNC(C)C.O=C(O)C(=O)O. The summed E-state index contributed by atoms with van der Waals surface area (Å²) in [6, 6.07) is 10.7.